The van der Waals surface area contributed by atoms with E-state index >= 15 is 0 Å². The van der Waals surface area contributed by atoms with Gasteiger partial charge in [0.15, 0.2) is 16.6 Å². The molecule has 0 saturated carbocycles. The molecule has 21 heavy (non-hydrogen) atoms. The third-order valence-electron chi connectivity index (χ3n) is 3.00. The van der Waals surface area contributed by atoms with Crippen molar-refractivity contribution in [2.75, 3.05) is 7.05 Å². The highest BCUT2D eigenvalue weighted by atomic mass is 28.5. The number of rotatable bonds is 8. The van der Waals surface area contributed by atoms with Gasteiger partial charge in [0.25, 0.3) is 0 Å². The maximum absolute atomic E-state index is 12.0. The van der Waals surface area contributed by atoms with Crippen LogP contribution in [0.2, 0.25) is 45.8 Å². The first-order valence-corrected chi connectivity index (χ1v) is 16.8. The van der Waals surface area contributed by atoms with Crippen LogP contribution < -0.4 is 0 Å². The second kappa shape index (κ2) is 7.36. The molecule has 0 spiro atoms. The van der Waals surface area contributed by atoms with E-state index in [9.17, 15) is 4.79 Å². The van der Waals surface area contributed by atoms with E-state index in [1.54, 1.807) is 4.90 Å². The number of hydrogen-bond donors (Lipinski definition) is 0. The van der Waals surface area contributed by atoms with E-state index in [1.165, 1.54) is 6.08 Å². The SMILES string of the molecule is C=CC(=O)N(C)C(CC)[Si](C)(O[Si](C)(C)C)O[Si](C)(C)C. The molecule has 0 aliphatic rings. The lowest BCUT2D eigenvalue weighted by Gasteiger charge is -2.45. The fraction of sp³-hybridized carbons (Fsp3) is 0.786. The molecule has 0 aromatic carbocycles. The van der Waals surface area contributed by atoms with Gasteiger partial charge < -0.3 is 13.1 Å². The highest BCUT2D eigenvalue weighted by molar-refractivity contribution is 6.88. The first kappa shape index (κ1) is 20.8. The molecule has 4 nitrogen and oxygen atoms in total. The van der Waals surface area contributed by atoms with Crippen LogP contribution in [0.15, 0.2) is 12.7 Å². The molecule has 1 unspecified atom stereocenters. The quantitative estimate of drug-likeness (QED) is 0.496. The summed E-state index contributed by atoms with van der Waals surface area (Å²) >= 11 is 0. The first-order valence-electron chi connectivity index (χ1n) is 7.55. The van der Waals surface area contributed by atoms with Gasteiger partial charge in [0, 0.05) is 7.05 Å². The van der Waals surface area contributed by atoms with Crippen LogP contribution in [0.3, 0.4) is 0 Å². The third kappa shape index (κ3) is 7.05. The van der Waals surface area contributed by atoms with Crippen molar-refractivity contribution in [3.8, 4) is 0 Å². The molecular weight excluding hydrogens is 314 g/mol. The van der Waals surface area contributed by atoms with Crippen LogP contribution in [0.1, 0.15) is 13.3 Å². The van der Waals surface area contributed by atoms with Crippen molar-refractivity contribution in [1.82, 2.24) is 4.90 Å². The Balaban J connectivity index is 5.62. The molecule has 0 fully saturated rings. The van der Waals surface area contributed by atoms with E-state index < -0.39 is 25.2 Å². The lowest BCUT2D eigenvalue weighted by atomic mass is 10.4. The second-order valence-electron chi connectivity index (χ2n) is 7.52. The van der Waals surface area contributed by atoms with E-state index in [2.05, 4.69) is 59.3 Å². The zero-order valence-electron chi connectivity index (χ0n) is 15.2. The molecule has 0 aliphatic heterocycles. The fourth-order valence-corrected chi connectivity index (χ4v) is 15.6. The van der Waals surface area contributed by atoms with Gasteiger partial charge in [-0.15, -0.1) is 0 Å². The molecule has 0 heterocycles. The van der Waals surface area contributed by atoms with Crippen LogP contribution in [0.4, 0.5) is 0 Å². The highest BCUT2D eigenvalue weighted by Gasteiger charge is 2.48. The molecule has 124 valence electrons. The van der Waals surface area contributed by atoms with Crippen molar-refractivity contribution in [3.05, 3.63) is 12.7 Å². The van der Waals surface area contributed by atoms with Gasteiger partial charge in [0.1, 0.15) is 0 Å². The minimum absolute atomic E-state index is 0.00134. The molecule has 0 radical (unpaired) electrons. The Morgan fingerprint density at radius 3 is 1.71 bits per heavy atom. The van der Waals surface area contributed by atoms with Gasteiger partial charge in [0.05, 0.1) is 5.67 Å². The normalized spacial score (nSPS) is 14.7. The zero-order valence-corrected chi connectivity index (χ0v) is 18.2. The summed E-state index contributed by atoms with van der Waals surface area (Å²) < 4.78 is 13.1. The molecule has 0 aromatic heterocycles. The average Bonchev–Trinajstić information content (AvgIpc) is 2.22. The summed E-state index contributed by atoms with van der Waals surface area (Å²) in [4.78, 5) is 13.8. The molecule has 7 heteroatoms. The smallest absolute Gasteiger partial charge is 0.337 e. The van der Waals surface area contributed by atoms with Crippen molar-refractivity contribution in [3.63, 3.8) is 0 Å². The fourth-order valence-electron chi connectivity index (χ4n) is 2.67. The topological polar surface area (TPSA) is 38.8 Å². The Kier molecular flexibility index (Phi) is 7.29. The van der Waals surface area contributed by atoms with E-state index in [-0.39, 0.29) is 11.6 Å². The van der Waals surface area contributed by atoms with Crippen LogP contribution in [0.25, 0.3) is 0 Å². The molecule has 0 rings (SSSR count). The van der Waals surface area contributed by atoms with E-state index in [1.807, 2.05) is 7.05 Å². The Morgan fingerprint density at radius 1 is 1.10 bits per heavy atom. The van der Waals surface area contributed by atoms with Crippen molar-refractivity contribution < 1.29 is 13.0 Å². The van der Waals surface area contributed by atoms with Gasteiger partial charge in [-0.05, 0) is 58.3 Å². The van der Waals surface area contributed by atoms with Crippen molar-refractivity contribution in [2.45, 2.75) is 64.8 Å². The number of amides is 1. The van der Waals surface area contributed by atoms with Gasteiger partial charge in [-0.2, -0.15) is 0 Å². The van der Waals surface area contributed by atoms with E-state index in [0.29, 0.717) is 0 Å². The van der Waals surface area contributed by atoms with Crippen LogP contribution in [0, 0.1) is 0 Å². The van der Waals surface area contributed by atoms with Crippen molar-refractivity contribution in [2.24, 2.45) is 0 Å². The van der Waals surface area contributed by atoms with Crippen LogP contribution in [-0.4, -0.2) is 48.7 Å². The number of likely N-dealkylation sites (N-methyl/N-ethyl adjacent to an activating group) is 1. The molecular formula is C14H33NO3Si3. The Hall–Kier alpha value is -0.219. The number of nitrogens with zero attached hydrogens (tertiary/aromatic N) is 1. The predicted octanol–water partition coefficient (Wildman–Crippen LogP) is 3.72. The summed E-state index contributed by atoms with van der Waals surface area (Å²) in [6, 6.07) is 0. The molecule has 0 aliphatic carbocycles. The largest absolute Gasteiger partial charge is 0.435 e. The Labute approximate surface area is 134 Å². The summed E-state index contributed by atoms with van der Waals surface area (Å²) in [6.45, 7) is 20.8. The Morgan fingerprint density at radius 2 is 1.48 bits per heavy atom. The first-order chi connectivity index (χ1) is 9.25. The highest BCUT2D eigenvalue weighted by Crippen LogP contribution is 2.27. The summed E-state index contributed by atoms with van der Waals surface area (Å²) in [5.41, 5.74) is 0.00134. The molecule has 0 N–H and O–H groups in total. The summed E-state index contributed by atoms with van der Waals surface area (Å²) in [6.07, 6.45) is 2.19. The summed E-state index contributed by atoms with van der Waals surface area (Å²) in [5.74, 6) is -0.0704. The second-order valence-corrected chi connectivity index (χ2v) is 20.3. The maximum atomic E-state index is 12.0. The van der Waals surface area contributed by atoms with Crippen molar-refractivity contribution in [1.29, 1.82) is 0 Å². The van der Waals surface area contributed by atoms with Crippen molar-refractivity contribution >= 4 is 31.1 Å². The van der Waals surface area contributed by atoms with Crippen LogP contribution in [-0.2, 0) is 13.0 Å². The summed E-state index contributed by atoms with van der Waals surface area (Å²) in [5, 5.41) is 0. The number of carbonyl (C=O) groups excluding carboxylic acids is 1. The monoisotopic (exact) mass is 347 g/mol. The molecule has 0 bridgehead atoms. The van der Waals surface area contributed by atoms with Gasteiger partial charge in [-0.1, -0.05) is 13.5 Å². The summed E-state index contributed by atoms with van der Waals surface area (Å²) in [7, 11) is -4.22. The van der Waals surface area contributed by atoms with Gasteiger partial charge in [-0.3, -0.25) is 4.79 Å². The zero-order chi connectivity index (χ0) is 17.1. The number of hydrogen-bond acceptors (Lipinski definition) is 3. The molecule has 1 atom stereocenters. The van der Waals surface area contributed by atoms with Gasteiger partial charge in [-0.25, -0.2) is 0 Å². The predicted molar refractivity (Wildman–Crippen MR) is 97.5 cm³/mol. The average molecular weight is 348 g/mol. The number of carbonyl (C=O) groups is 1. The van der Waals surface area contributed by atoms with Crippen LogP contribution >= 0.6 is 0 Å². The lowest BCUT2D eigenvalue weighted by molar-refractivity contribution is -0.126. The maximum Gasteiger partial charge on any atom is 0.337 e. The van der Waals surface area contributed by atoms with E-state index in [0.717, 1.165) is 6.42 Å². The van der Waals surface area contributed by atoms with E-state index in [4.69, 9.17) is 8.23 Å². The van der Waals surface area contributed by atoms with Gasteiger partial charge >= 0.3 is 8.56 Å². The minimum Gasteiger partial charge on any atom is -0.435 e. The lowest BCUT2D eigenvalue weighted by Crippen LogP contribution is -2.64. The van der Waals surface area contributed by atoms with Crippen LogP contribution in [0.5, 0.6) is 0 Å². The Bertz CT molecular complexity index is 359. The molecule has 0 aromatic rings. The minimum atomic E-state index is -2.51. The third-order valence-corrected chi connectivity index (χ3v) is 13.1. The molecule has 1 amide bonds. The standard InChI is InChI=1S/C14H33NO3Si3/c1-11-13(16)15(3)14(12-2)21(10,17-19(4,5)6)18-20(7,8)9/h11,14H,1,12H2,2-10H3. The molecule has 0 saturated heterocycles. The van der Waals surface area contributed by atoms with Gasteiger partial charge in [0.2, 0.25) is 5.91 Å².